The molecule has 0 saturated carbocycles. The van der Waals surface area contributed by atoms with Crippen molar-refractivity contribution in [3.05, 3.63) is 33.9 Å². The van der Waals surface area contributed by atoms with Crippen molar-refractivity contribution in [1.82, 2.24) is 19.1 Å². The largest absolute Gasteiger partial charge is 0.372 e. The van der Waals surface area contributed by atoms with Crippen molar-refractivity contribution in [2.75, 3.05) is 13.2 Å². The minimum Gasteiger partial charge on any atom is -0.372 e. The molecule has 0 aromatic carbocycles. The molecule has 1 aliphatic heterocycles. The summed E-state index contributed by atoms with van der Waals surface area (Å²) in [7, 11) is 1.76. The topological polar surface area (TPSA) is 103 Å². The zero-order valence-corrected chi connectivity index (χ0v) is 13.8. The minimum atomic E-state index is -0.419. The van der Waals surface area contributed by atoms with Gasteiger partial charge in [0, 0.05) is 37.8 Å². The number of nitrogens with two attached hydrogens (primary N) is 1. The molecular formula is C15H20FN5O3. The molecule has 1 aliphatic rings. The molecule has 8 nitrogen and oxygen atoms in total. The van der Waals surface area contributed by atoms with Gasteiger partial charge in [0.15, 0.2) is 5.65 Å². The van der Waals surface area contributed by atoms with E-state index in [1.54, 1.807) is 29.6 Å². The number of aromatic nitrogens is 3. The second-order valence-corrected chi connectivity index (χ2v) is 5.71. The van der Waals surface area contributed by atoms with E-state index < -0.39 is 6.67 Å². The molecule has 2 aromatic heterocycles. The highest BCUT2D eigenvalue weighted by molar-refractivity contribution is 6.01. The molecule has 0 bridgehead atoms. The summed E-state index contributed by atoms with van der Waals surface area (Å²) < 4.78 is 15.7. The van der Waals surface area contributed by atoms with Gasteiger partial charge in [-0.15, -0.1) is 0 Å². The van der Waals surface area contributed by atoms with E-state index in [4.69, 9.17) is 4.79 Å². The van der Waals surface area contributed by atoms with E-state index in [-0.39, 0.29) is 29.8 Å². The Morgan fingerprint density at radius 1 is 1.54 bits per heavy atom. The van der Waals surface area contributed by atoms with Gasteiger partial charge in [-0.25, -0.2) is 0 Å². The van der Waals surface area contributed by atoms with Gasteiger partial charge < -0.3 is 15.2 Å². The third-order valence-corrected chi connectivity index (χ3v) is 4.30. The number of hydrogen-bond donors (Lipinski definition) is 1. The van der Waals surface area contributed by atoms with Crippen LogP contribution in [0.2, 0.25) is 0 Å². The van der Waals surface area contributed by atoms with Gasteiger partial charge in [0.2, 0.25) is 6.41 Å². The Bertz CT molecular complexity index is 828. The Balaban J connectivity index is 0.000000647. The summed E-state index contributed by atoms with van der Waals surface area (Å²) in [6.07, 6.45) is 1.86. The van der Waals surface area contributed by atoms with Gasteiger partial charge >= 0.3 is 0 Å². The van der Waals surface area contributed by atoms with Crippen molar-refractivity contribution in [3.63, 3.8) is 0 Å². The number of rotatable bonds is 2. The molecule has 1 fully saturated rings. The van der Waals surface area contributed by atoms with Gasteiger partial charge in [-0.2, -0.15) is 9.61 Å². The maximum absolute atomic E-state index is 12.7. The number of fused-ring (bicyclic) bond motifs is 1. The monoisotopic (exact) mass is 337 g/mol. The molecule has 0 radical (unpaired) electrons. The van der Waals surface area contributed by atoms with Gasteiger partial charge in [-0.1, -0.05) is 0 Å². The normalized spacial score (nSPS) is 19.4. The number of carbonyl (C=O) groups is 2. The van der Waals surface area contributed by atoms with Crippen LogP contribution in [0, 0.1) is 12.8 Å². The van der Waals surface area contributed by atoms with E-state index in [0.717, 1.165) is 0 Å². The molecular weight excluding hydrogens is 317 g/mol. The van der Waals surface area contributed by atoms with Crippen LogP contribution >= 0.6 is 0 Å². The summed E-state index contributed by atoms with van der Waals surface area (Å²) in [6.45, 7) is 3.54. The molecule has 2 amide bonds. The number of alkyl halides is 1. The van der Waals surface area contributed by atoms with Crippen LogP contribution in [-0.2, 0) is 11.8 Å². The third kappa shape index (κ3) is 2.77. The molecule has 3 heterocycles. The van der Waals surface area contributed by atoms with Gasteiger partial charge in [0.1, 0.15) is 5.56 Å². The summed E-state index contributed by atoms with van der Waals surface area (Å²) >= 11 is 0. The van der Waals surface area contributed by atoms with Crippen molar-refractivity contribution >= 4 is 18.0 Å². The fourth-order valence-corrected chi connectivity index (χ4v) is 2.84. The van der Waals surface area contributed by atoms with Crippen LogP contribution in [0.1, 0.15) is 23.0 Å². The van der Waals surface area contributed by atoms with E-state index in [1.165, 1.54) is 10.6 Å². The smallest absolute Gasteiger partial charge is 0.274 e. The highest BCUT2D eigenvalue weighted by atomic mass is 19.1. The summed E-state index contributed by atoms with van der Waals surface area (Å²) in [5, 5.41) is 4.16. The van der Waals surface area contributed by atoms with E-state index in [9.17, 15) is 14.0 Å². The molecule has 2 atom stereocenters. The zero-order valence-electron chi connectivity index (χ0n) is 13.8. The number of carbonyl (C=O) groups excluding carboxylic acids is 2. The highest BCUT2D eigenvalue weighted by Gasteiger charge is 2.40. The molecule has 9 heteroatoms. The predicted molar refractivity (Wildman–Crippen MR) is 85.4 cm³/mol. The molecule has 2 unspecified atom stereocenters. The Labute approximate surface area is 137 Å². The molecule has 0 spiro atoms. The molecule has 1 saturated heterocycles. The van der Waals surface area contributed by atoms with Crippen molar-refractivity contribution in [2.24, 2.45) is 18.7 Å². The maximum atomic E-state index is 12.7. The van der Waals surface area contributed by atoms with Gasteiger partial charge in [0.25, 0.3) is 11.5 Å². The first-order chi connectivity index (χ1) is 11.4. The third-order valence-electron chi connectivity index (χ3n) is 4.30. The van der Waals surface area contributed by atoms with Crippen LogP contribution < -0.4 is 11.3 Å². The van der Waals surface area contributed by atoms with E-state index in [2.05, 4.69) is 10.8 Å². The molecule has 130 valence electrons. The summed E-state index contributed by atoms with van der Waals surface area (Å²) in [5.41, 5.74) is 5.29. The lowest BCUT2D eigenvalue weighted by Crippen LogP contribution is -2.58. The Kier molecular flexibility index (Phi) is 5.01. The maximum Gasteiger partial charge on any atom is 0.274 e. The molecule has 24 heavy (non-hydrogen) atoms. The summed E-state index contributed by atoms with van der Waals surface area (Å²) in [6, 6.07) is 1.27. The lowest BCUT2D eigenvalue weighted by Gasteiger charge is -2.45. The SMILES string of the molecule is Cc1nn2c(=O)ccn(C)c2c1C(=O)N1CC(CF)C1C.NC=O. The van der Waals surface area contributed by atoms with Gasteiger partial charge in [-0.05, 0) is 13.8 Å². The lowest BCUT2D eigenvalue weighted by molar-refractivity contribution is -0.106. The Morgan fingerprint density at radius 3 is 2.71 bits per heavy atom. The Hall–Kier alpha value is -2.71. The van der Waals surface area contributed by atoms with Crippen LogP contribution in [0.25, 0.3) is 5.65 Å². The minimum absolute atomic E-state index is 0.0973. The van der Waals surface area contributed by atoms with Crippen LogP contribution in [0.4, 0.5) is 4.39 Å². The van der Waals surface area contributed by atoms with Crippen LogP contribution in [0.3, 0.4) is 0 Å². The van der Waals surface area contributed by atoms with E-state index >= 15 is 0 Å². The molecule has 3 rings (SSSR count). The number of likely N-dealkylation sites (tertiary alicyclic amines) is 1. The van der Waals surface area contributed by atoms with Crippen molar-refractivity contribution in [2.45, 2.75) is 19.9 Å². The first-order valence-corrected chi connectivity index (χ1v) is 7.44. The van der Waals surface area contributed by atoms with Gasteiger partial charge in [-0.3, -0.25) is 18.8 Å². The zero-order chi connectivity index (χ0) is 18.0. The van der Waals surface area contributed by atoms with E-state index in [1.807, 2.05) is 6.92 Å². The summed E-state index contributed by atoms with van der Waals surface area (Å²) in [5.74, 6) is -0.291. The average molecular weight is 337 g/mol. The molecule has 2 N–H and O–H groups in total. The molecule has 2 aromatic rings. The van der Waals surface area contributed by atoms with Crippen LogP contribution in [0.5, 0.6) is 0 Å². The lowest BCUT2D eigenvalue weighted by atomic mass is 9.90. The van der Waals surface area contributed by atoms with Crippen molar-refractivity contribution in [3.8, 4) is 0 Å². The number of primary amides is 1. The number of hydrogen-bond acceptors (Lipinski definition) is 4. The quantitative estimate of drug-likeness (QED) is 0.771. The second-order valence-electron chi connectivity index (χ2n) is 5.71. The number of nitrogens with zero attached hydrogens (tertiary/aromatic N) is 4. The second kappa shape index (κ2) is 6.81. The van der Waals surface area contributed by atoms with Gasteiger partial charge in [0.05, 0.1) is 12.4 Å². The van der Waals surface area contributed by atoms with Crippen LogP contribution in [0.15, 0.2) is 17.1 Å². The number of aryl methyl sites for hydroxylation is 2. The number of halogens is 1. The Morgan fingerprint density at radius 2 is 2.17 bits per heavy atom. The molecule has 0 aliphatic carbocycles. The fourth-order valence-electron chi connectivity index (χ4n) is 2.84. The average Bonchev–Trinajstić information content (AvgIpc) is 2.89. The fraction of sp³-hybridized carbons (Fsp3) is 0.467. The number of amides is 2. The summed E-state index contributed by atoms with van der Waals surface area (Å²) in [4.78, 5) is 34.8. The van der Waals surface area contributed by atoms with Crippen LogP contribution in [-0.4, -0.2) is 50.7 Å². The van der Waals surface area contributed by atoms with E-state index in [0.29, 0.717) is 23.4 Å². The first kappa shape index (κ1) is 17.6. The van der Waals surface area contributed by atoms with Crippen molar-refractivity contribution in [1.29, 1.82) is 0 Å². The first-order valence-electron chi connectivity index (χ1n) is 7.44. The predicted octanol–water partition coefficient (Wildman–Crippen LogP) is -0.127. The van der Waals surface area contributed by atoms with Crippen molar-refractivity contribution < 1.29 is 14.0 Å². The standard InChI is InChI=1S/C14H17FN4O2.CH3NO/c1-8-12(14(21)18-7-10(6-15)9(18)2)13-17(3)5-4-11(20)19(13)16-8;2-1-3/h4-5,9-10H,6-7H2,1-3H3;1H,(H2,2,3). The highest BCUT2D eigenvalue weighted by Crippen LogP contribution is 2.28.